The van der Waals surface area contributed by atoms with Gasteiger partial charge in [0.1, 0.15) is 5.02 Å². The van der Waals surface area contributed by atoms with Crippen molar-refractivity contribution < 1.29 is 10.0 Å². The number of nitro benzene ring substituents is 1. The predicted molar refractivity (Wildman–Crippen MR) is 64.0 cm³/mol. The summed E-state index contributed by atoms with van der Waals surface area (Å²) in [5, 5.41) is 19.4. The molecule has 3 N–H and O–H groups in total. The van der Waals surface area contributed by atoms with Gasteiger partial charge in [-0.2, -0.15) is 0 Å². The maximum Gasteiger partial charge on any atom is 0.288 e. The lowest BCUT2D eigenvalue weighted by atomic mass is 10.0. The van der Waals surface area contributed by atoms with E-state index < -0.39 is 11.0 Å². The van der Waals surface area contributed by atoms with Gasteiger partial charge in [-0.1, -0.05) is 17.7 Å². The molecule has 0 unspecified atom stereocenters. The third-order valence-corrected chi connectivity index (χ3v) is 2.35. The number of aliphatic hydroxyl groups excluding tert-OH is 1. The number of hydrogen-bond donors (Lipinski definition) is 2. The van der Waals surface area contributed by atoms with Gasteiger partial charge in [0.05, 0.1) is 4.92 Å². The van der Waals surface area contributed by atoms with Crippen molar-refractivity contribution >= 4 is 29.7 Å². The maximum atomic E-state index is 10.6. The van der Waals surface area contributed by atoms with Crippen LogP contribution in [-0.4, -0.2) is 16.6 Å². The topological polar surface area (TPSA) is 89.4 Å². The van der Waals surface area contributed by atoms with Crippen molar-refractivity contribution in [3.8, 4) is 0 Å². The highest BCUT2D eigenvalue weighted by Crippen LogP contribution is 2.27. The number of benzene rings is 1. The molecule has 7 heteroatoms. The minimum atomic E-state index is -0.558. The van der Waals surface area contributed by atoms with Gasteiger partial charge < -0.3 is 10.8 Å². The van der Waals surface area contributed by atoms with Crippen molar-refractivity contribution in [2.45, 2.75) is 12.5 Å². The van der Waals surface area contributed by atoms with Crippen LogP contribution < -0.4 is 5.73 Å². The SMILES string of the molecule is Cl.N[C@@H](CCO)c1ccc(Cl)c([N+](=O)[O-])c1. The first-order chi connectivity index (χ1) is 7.06. The first-order valence-corrected chi connectivity index (χ1v) is 4.74. The molecule has 1 rings (SSSR count). The van der Waals surface area contributed by atoms with Gasteiger partial charge in [-0.3, -0.25) is 10.1 Å². The molecule has 90 valence electrons. The van der Waals surface area contributed by atoms with Crippen LogP contribution in [0.25, 0.3) is 0 Å². The fourth-order valence-corrected chi connectivity index (χ4v) is 1.39. The molecule has 0 aliphatic carbocycles. The van der Waals surface area contributed by atoms with Crippen LogP contribution in [0.5, 0.6) is 0 Å². The van der Waals surface area contributed by atoms with E-state index >= 15 is 0 Å². The average Bonchev–Trinajstić information content (AvgIpc) is 2.18. The van der Waals surface area contributed by atoms with Crippen LogP contribution in [0.15, 0.2) is 18.2 Å². The first-order valence-electron chi connectivity index (χ1n) is 4.36. The van der Waals surface area contributed by atoms with E-state index in [1.807, 2.05) is 0 Å². The lowest BCUT2D eigenvalue weighted by Crippen LogP contribution is -2.12. The molecule has 0 spiro atoms. The van der Waals surface area contributed by atoms with Gasteiger partial charge in [0.25, 0.3) is 5.69 Å². The zero-order valence-electron chi connectivity index (χ0n) is 8.30. The summed E-state index contributed by atoms with van der Waals surface area (Å²) in [6.45, 7) is -0.0579. The second-order valence-electron chi connectivity index (χ2n) is 3.09. The van der Waals surface area contributed by atoms with Crippen molar-refractivity contribution in [3.05, 3.63) is 38.9 Å². The van der Waals surface area contributed by atoms with Gasteiger partial charge in [0.2, 0.25) is 0 Å². The second kappa shape index (κ2) is 6.65. The summed E-state index contributed by atoms with van der Waals surface area (Å²) >= 11 is 5.64. The summed E-state index contributed by atoms with van der Waals surface area (Å²) in [6.07, 6.45) is 0.360. The molecule has 0 saturated heterocycles. The van der Waals surface area contributed by atoms with Crippen LogP contribution in [0.4, 0.5) is 5.69 Å². The van der Waals surface area contributed by atoms with Crippen molar-refractivity contribution in [1.29, 1.82) is 0 Å². The molecule has 0 aliphatic rings. The standard InChI is InChI=1S/C9H11ClN2O3.ClH/c10-7-2-1-6(8(11)3-4-13)5-9(7)12(14)15;/h1-2,5,8,13H,3-4,11H2;1H/t8-;/m0./s1. The number of halogens is 2. The van der Waals surface area contributed by atoms with E-state index in [0.29, 0.717) is 12.0 Å². The highest BCUT2D eigenvalue weighted by Gasteiger charge is 2.15. The molecular weight excluding hydrogens is 255 g/mol. The Balaban J connectivity index is 0.00000225. The predicted octanol–water partition coefficient (Wildman–Crippen LogP) is 2.05. The molecule has 1 atom stereocenters. The molecule has 1 aromatic rings. The van der Waals surface area contributed by atoms with Crippen LogP contribution in [0, 0.1) is 10.1 Å². The Labute approximate surface area is 104 Å². The third kappa shape index (κ3) is 3.61. The van der Waals surface area contributed by atoms with E-state index in [4.69, 9.17) is 22.4 Å². The van der Waals surface area contributed by atoms with Crippen LogP contribution in [0.1, 0.15) is 18.0 Å². The Kier molecular flexibility index (Phi) is 6.28. The molecule has 0 amide bonds. The molecule has 0 fully saturated rings. The lowest BCUT2D eigenvalue weighted by molar-refractivity contribution is -0.384. The first kappa shape index (κ1) is 15.1. The van der Waals surface area contributed by atoms with Crippen LogP contribution >= 0.6 is 24.0 Å². The summed E-state index contributed by atoms with van der Waals surface area (Å²) in [4.78, 5) is 10.0. The minimum absolute atomic E-state index is 0. The summed E-state index contributed by atoms with van der Waals surface area (Å²) in [5.74, 6) is 0. The molecule has 0 aromatic heterocycles. The molecule has 0 aliphatic heterocycles. The van der Waals surface area contributed by atoms with Crippen molar-refractivity contribution in [3.63, 3.8) is 0 Å². The van der Waals surface area contributed by atoms with Crippen molar-refractivity contribution in [2.75, 3.05) is 6.61 Å². The Morgan fingerprint density at radius 1 is 1.56 bits per heavy atom. The van der Waals surface area contributed by atoms with Gasteiger partial charge in [-0.25, -0.2) is 0 Å². The number of hydrogen-bond acceptors (Lipinski definition) is 4. The zero-order valence-corrected chi connectivity index (χ0v) is 9.87. The number of nitrogens with zero attached hydrogens (tertiary/aromatic N) is 1. The van der Waals surface area contributed by atoms with E-state index in [-0.39, 0.29) is 29.7 Å². The highest BCUT2D eigenvalue weighted by atomic mass is 35.5. The van der Waals surface area contributed by atoms with Crippen LogP contribution in [0.3, 0.4) is 0 Å². The molecule has 1 aromatic carbocycles. The monoisotopic (exact) mass is 266 g/mol. The summed E-state index contributed by atoms with van der Waals surface area (Å²) in [7, 11) is 0. The van der Waals surface area contributed by atoms with Gasteiger partial charge in [-0.15, -0.1) is 12.4 Å². The maximum absolute atomic E-state index is 10.6. The zero-order chi connectivity index (χ0) is 11.4. The van der Waals surface area contributed by atoms with Gasteiger partial charge in [0.15, 0.2) is 0 Å². The summed E-state index contributed by atoms with van der Waals surface area (Å²) in [5.41, 5.74) is 6.13. The van der Waals surface area contributed by atoms with Crippen molar-refractivity contribution in [2.24, 2.45) is 5.73 Å². The number of nitrogens with two attached hydrogens (primary N) is 1. The molecule has 0 heterocycles. The third-order valence-electron chi connectivity index (χ3n) is 2.04. The number of aliphatic hydroxyl groups is 1. The fourth-order valence-electron chi connectivity index (χ4n) is 1.21. The summed E-state index contributed by atoms with van der Waals surface area (Å²) < 4.78 is 0. The van der Waals surface area contributed by atoms with E-state index in [1.54, 1.807) is 6.07 Å². The highest BCUT2D eigenvalue weighted by molar-refractivity contribution is 6.32. The van der Waals surface area contributed by atoms with Gasteiger partial charge >= 0.3 is 0 Å². The molecule has 0 bridgehead atoms. The van der Waals surface area contributed by atoms with Crippen LogP contribution in [0.2, 0.25) is 5.02 Å². The summed E-state index contributed by atoms with van der Waals surface area (Å²) in [6, 6.07) is 3.98. The normalized spacial score (nSPS) is 11.7. The van der Waals surface area contributed by atoms with E-state index in [2.05, 4.69) is 0 Å². The quantitative estimate of drug-likeness (QED) is 0.645. The molecule has 0 saturated carbocycles. The van der Waals surface area contributed by atoms with E-state index in [0.717, 1.165) is 0 Å². The Bertz CT molecular complexity index is 374. The Hall–Kier alpha value is -0.880. The van der Waals surface area contributed by atoms with Crippen LogP contribution in [-0.2, 0) is 0 Å². The number of rotatable bonds is 4. The van der Waals surface area contributed by atoms with Crippen molar-refractivity contribution in [1.82, 2.24) is 0 Å². The minimum Gasteiger partial charge on any atom is -0.396 e. The fraction of sp³-hybridized carbons (Fsp3) is 0.333. The molecule has 5 nitrogen and oxygen atoms in total. The van der Waals surface area contributed by atoms with E-state index in [9.17, 15) is 10.1 Å². The largest absolute Gasteiger partial charge is 0.396 e. The smallest absolute Gasteiger partial charge is 0.288 e. The van der Waals surface area contributed by atoms with Gasteiger partial charge in [-0.05, 0) is 18.1 Å². The average molecular weight is 267 g/mol. The van der Waals surface area contributed by atoms with Gasteiger partial charge in [0, 0.05) is 18.7 Å². The second-order valence-corrected chi connectivity index (χ2v) is 3.49. The Morgan fingerprint density at radius 2 is 2.19 bits per heavy atom. The Morgan fingerprint density at radius 3 is 2.69 bits per heavy atom. The number of nitro groups is 1. The molecule has 16 heavy (non-hydrogen) atoms. The molecular formula is C9H12Cl2N2O3. The molecule has 0 radical (unpaired) electrons. The lowest BCUT2D eigenvalue weighted by Gasteiger charge is -2.09. The van der Waals surface area contributed by atoms with E-state index in [1.165, 1.54) is 12.1 Å².